The molecule has 0 radical (unpaired) electrons. The first-order chi connectivity index (χ1) is 11.7. The van der Waals surface area contributed by atoms with Crippen LogP contribution in [0.25, 0.3) is 11.4 Å². The van der Waals surface area contributed by atoms with E-state index in [0.29, 0.717) is 24.2 Å². The maximum atomic E-state index is 5.73. The molecule has 1 saturated carbocycles. The molecular formula is C17H17BrN4O2. The highest BCUT2D eigenvalue weighted by atomic mass is 79.9. The minimum atomic E-state index is -0.0730. The van der Waals surface area contributed by atoms with E-state index in [2.05, 4.69) is 36.4 Å². The molecule has 1 fully saturated rings. The van der Waals surface area contributed by atoms with Gasteiger partial charge in [0.2, 0.25) is 11.7 Å². The van der Waals surface area contributed by atoms with Gasteiger partial charge in [0.05, 0.1) is 18.8 Å². The van der Waals surface area contributed by atoms with Crippen LogP contribution in [0, 0.1) is 0 Å². The summed E-state index contributed by atoms with van der Waals surface area (Å²) in [5, 5.41) is 7.37. The van der Waals surface area contributed by atoms with E-state index in [0.717, 1.165) is 21.7 Å². The number of benzene rings is 1. The molecule has 1 aliphatic carbocycles. The van der Waals surface area contributed by atoms with Crippen LogP contribution < -0.4 is 5.32 Å². The van der Waals surface area contributed by atoms with Crippen molar-refractivity contribution in [1.82, 2.24) is 20.4 Å². The fraction of sp³-hybridized carbons (Fsp3) is 0.353. The SMILES string of the molecule is CC(NCc1cnc(C2CC2)o1)c1nc(-c2ccc(Br)cc2)no1. The fourth-order valence-corrected chi connectivity index (χ4v) is 2.66. The average molecular weight is 389 g/mol. The van der Waals surface area contributed by atoms with Crippen LogP contribution in [-0.2, 0) is 6.54 Å². The molecule has 124 valence electrons. The number of aromatic nitrogens is 3. The van der Waals surface area contributed by atoms with Crippen LogP contribution in [0.3, 0.4) is 0 Å². The lowest BCUT2D eigenvalue weighted by Gasteiger charge is -2.07. The van der Waals surface area contributed by atoms with E-state index in [4.69, 9.17) is 8.94 Å². The third-order valence-electron chi connectivity index (χ3n) is 4.00. The average Bonchev–Trinajstić information content (AvgIpc) is 3.13. The van der Waals surface area contributed by atoms with Crippen molar-refractivity contribution >= 4 is 15.9 Å². The Morgan fingerprint density at radius 2 is 2.08 bits per heavy atom. The van der Waals surface area contributed by atoms with Gasteiger partial charge in [-0.2, -0.15) is 4.98 Å². The highest BCUT2D eigenvalue weighted by Gasteiger charge is 2.28. The van der Waals surface area contributed by atoms with Gasteiger partial charge in [0.1, 0.15) is 5.76 Å². The van der Waals surface area contributed by atoms with E-state index in [1.807, 2.05) is 31.2 Å². The smallest absolute Gasteiger partial charge is 0.243 e. The number of nitrogens with one attached hydrogen (secondary N) is 1. The largest absolute Gasteiger partial charge is 0.444 e. The van der Waals surface area contributed by atoms with Crippen molar-refractivity contribution in [3.05, 3.63) is 52.5 Å². The zero-order valence-electron chi connectivity index (χ0n) is 13.2. The minimum Gasteiger partial charge on any atom is -0.444 e. The van der Waals surface area contributed by atoms with Gasteiger partial charge in [-0.1, -0.05) is 21.1 Å². The number of oxazole rings is 1. The summed E-state index contributed by atoms with van der Waals surface area (Å²) in [4.78, 5) is 8.78. The van der Waals surface area contributed by atoms with E-state index in [1.54, 1.807) is 6.20 Å². The maximum absolute atomic E-state index is 5.73. The summed E-state index contributed by atoms with van der Waals surface area (Å²) in [5.41, 5.74) is 0.921. The Morgan fingerprint density at radius 3 is 2.83 bits per heavy atom. The second kappa shape index (κ2) is 6.49. The summed E-state index contributed by atoms with van der Waals surface area (Å²) in [6, 6.07) is 7.73. The zero-order valence-corrected chi connectivity index (χ0v) is 14.8. The van der Waals surface area contributed by atoms with Gasteiger partial charge in [-0.3, -0.25) is 5.32 Å². The summed E-state index contributed by atoms with van der Waals surface area (Å²) >= 11 is 3.42. The molecule has 1 N–H and O–H groups in total. The lowest BCUT2D eigenvalue weighted by Crippen LogP contribution is -2.18. The minimum absolute atomic E-state index is 0.0730. The van der Waals surface area contributed by atoms with Crippen LogP contribution in [-0.4, -0.2) is 15.1 Å². The standard InChI is InChI=1S/C17H17BrN4O2/c1-10(19-8-14-9-20-17(23-14)12-2-3-12)16-21-15(22-24-16)11-4-6-13(18)7-5-11/h4-7,9-10,12,19H,2-3,8H2,1H3. The van der Waals surface area contributed by atoms with Gasteiger partial charge >= 0.3 is 0 Å². The maximum Gasteiger partial charge on any atom is 0.243 e. The fourth-order valence-electron chi connectivity index (χ4n) is 2.39. The Labute approximate surface area is 147 Å². The first-order valence-electron chi connectivity index (χ1n) is 7.96. The molecule has 1 atom stereocenters. The topological polar surface area (TPSA) is 77.0 Å². The number of nitrogens with zero attached hydrogens (tertiary/aromatic N) is 3. The Hall–Kier alpha value is -1.99. The number of hydrogen-bond acceptors (Lipinski definition) is 6. The van der Waals surface area contributed by atoms with Crippen LogP contribution in [0.4, 0.5) is 0 Å². The van der Waals surface area contributed by atoms with Crippen molar-refractivity contribution in [2.45, 2.75) is 38.3 Å². The van der Waals surface area contributed by atoms with Crippen molar-refractivity contribution in [2.75, 3.05) is 0 Å². The molecular weight excluding hydrogens is 372 g/mol. The molecule has 0 spiro atoms. The van der Waals surface area contributed by atoms with Gasteiger partial charge < -0.3 is 8.94 Å². The number of halogens is 1. The molecule has 4 rings (SSSR count). The summed E-state index contributed by atoms with van der Waals surface area (Å²) in [6.07, 6.45) is 4.16. The van der Waals surface area contributed by atoms with Crippen LogP contribution in [0.1, 0.15) is 49.3 Å². The molecule has 2 aromatic heterocycles. The van der Waals surface area contributed by atoms with E-state index in [9.17, 15) is 0 Å². The lowest BCUT2D eigenvalue weighted by atomic mass is 10.2. The molecule has 0 amide bonds. The predicted molar refractivity (Wildman–Crippen MR) is 91.2 cm³/mol. The van der Waals surface area contributed by atoms with Gasteiger partial charge in [-0.25, -0.2) is 4.98 Å². The summed E-state index contributed by atoms with van der Waals surface area (Å²) in [7, 11) is 0. The molecule has 7 heteroatoms. The number of rotatable bonds is 6. The Balaban J connectivity index is 1.38. The molecule has 3 aromatic rings. The third-order valence-corrected chi connectivity index (χ3v) is 4.52. The van der Waals surface area contributed by atoms with Crippen LogP contribution in [0.2, 0.25) is 0 Å². The van der Waals surface area contributed by atoms with Gasteiger partial charge in [-0.05, 0) is 44.0 Å². The first-order valence-corrected chi connectivity index (χ1v) is 8.76. The zero-order chi connectivity index (χ0) is 16.5. The summed E-state index contributed by atoms with van der Waals surface area (Å²) < 4.78 is 12.1. The summed E-state index contributed by atoms with van der Waals surface area (Å²) in [6.45, 7) is 2.56. The van der Waals surface area contributed by atoms with Gasteiger partial charge in [0.15, 0.2) is 5.89 Å². The van der Waals surface area contributed by atoms with E-state index >= 15 is 0 Å². The van der Waals surface area contributed by atoms with Crippen LogP contribution in [0.5, 0.6) is 0 Å². The molecule has 6 nitrogen and oxygen atoms in total. The van der Waals surface area contributed by atoms with E-state index < -0.39 is 0 Å². The Bertz CT molecular complexity index is 823. The number of hydrogen-bond donors (Lipinski definition) is 1. The van der Waals surface area contributed by atoms with Gasteiger partial charge in [0, 0.05) is 16.0 Å². The summed E-state index contributed by atoms with van der Waals surface area (Å²) in [5.74, 6) is 3.35. The van der Waals surface area contributed by atoms with Crippen molar-refractivity contribution < 1.29 is 8.94 Å². The van der Waals surface area contributed by atoms with Crippen molar-refractivity contribution in [2.24, 2.45) is 0 Å². The molecule has 2 heterocycles. The van der Waals surface area contributed by atoms with Crippen LogP contribution >= 0.6 is 15.9 Å². The normalized spacial score (nSPS) is 15.6. The lowest BCUT2D eigenvalue weighted by molar-refractivity contribution is 0.332. The highest BCUT2D eigenvalue weighted by Crippen LogP contribution is 2.39. The molecule has 0 saturated heterocycles. The quantitative estimate of drug-likeness (QED) is 0.681. The van der Waals surface area contributed by atoms with Gasteiger partial charge in [0.25, 0.3) is 0 Å². The van der Waals surface area contributed by atoms with E-state index in [-0.39, 0.29) is 6.04 Å². The monoisotopic (exact) mass is 388 g/mol. The van der Waals surface area contributed by atoms with E-state index in [1.165, 1.54) is 12.8 Å². The molecule has 1 aromatic carbocycles. The first kappa shape index (κ1) is 15.5. The molecule has 1 aliphatic rings. The molecule has 0 bridgehead atoms. The highest BCUT2D eigenvalue weighted by molar-refractivity contribution is 9.10. The van der Waals surface area contributed by atoms with Crippen LogP contribution in [0.15, 0.2) is 43.9 Å². The molecule has 1 unspecified atom stereocenters. The Kier molecular flexibility index (Phi) is 4.20. The third kappa shape index (κ3) is 3.42. The van der Waals surface area contributed by atoms with Crippen molar-refractivity contribution in [3.8, 4) is 11.4 Å². The second-order valence-electron chi connectivity index (χ2n) is 6.00. The van der Waals surface area contributed by atoms with Gasteiger partial charge in [-0.15, -0.1) is 0 Å². The van der Waals surface area contributed by atoms with Crippen molar-refractivity contribution in [3.63, 3.8) is 0 Å². The molecule has 24 heavy (non-hydrogen) atoms. The Morgan fingerprint density at radius 1 is 1.29 bits per heavy atom. The predicted octanol–water partition coefficient (Wildman–Crippen LogP) is 4.22. The van der Waals surface area contributed by atoms with Crippen molar-refractivity contribution in [1.29, 1.82) is 0 Å². The second-order valence-corrected chi connectivity index (χ2v) is 6.92. The molecule has 0 aliphatic heterocycles.